The summed E-state index contributed by atoms with van der Waals surface area (Å²) in [6.07, 6.45) is -5.50. The van der Waals surface area contributed by atoms with E-state index in [4.69, 9.17) is 21.0 Å². The first-order valence-electron chi connectivity index (χ1n) is 12.4. The molecule has 1 aromatic rings. The summed E-state index contributed by atoms with van der Waals surface area (Å²) in [7, 11) is 0. The molecule has 1 fully saturated rings. The Morgan fingerprint density at radius 3 is 2.07 bits per heavy atom. The fraction of sp³-hybridized carbons (Fsp3) is 0.480. The molecule has 2 rings (SSSR count). The highest BCUT2D eigenvalue weighted by Crippen LogP contribution is 2.19. The van der Waals surface area contributed by atoms with Gasteiger partial charge in [-0.1, -0.05) is 38.1 Å². The smallest absolute Gasteiger partial charge is 0.481 e. The average Bonchev–Trinajstić information content (AvgIpc) is 3.21. The standard InChI is InChI=1S/C23H31N5O7.C2HF3O2/c1-12(2)9-16(23(34)35)27-21(32)17(11-19(30)31)28-8-7-15(22(28)33)26-18(29)10-13-3-5-14(6-4-13)20(24)25;3-2(4,5)1(6)7/h3-6,12,15-17H,7-11H2,1-2H3,(H3,24,25)(H,26,29)(H,27,32)(H,30,31)(H,34,35);(H,6,7)/t15-,16-,17-;/m0./s1. The number of likely N-dealkylation sites (tertiary alicyclic amines) is 1. The van der Waals surface area contributed by atoms with Crippen molar-refractivity contribution in [2.24, 2.45) is 11.7 Å². The van der Waals surface area contributed by atoms with E-state index in [0.29, 0.717) is 11.1 Å². The van der Waals surface area contributed by atoms with Crippen molar-refractivity contribution < 1.29 is 57.3 Å². The summed E-state index contributed by atoms with van der Waals surface area (Å²) in [5.41, 5.74) is 6.56. The third-order valence-corrected chi connectivity index (χ3v) is 5.82. The molecular formula is C25H32F3N5O9. The first-order chi connectivity index (χ1) is 19.3. The van der Waals surface area contributed by atoms with Crippen molar-refractivity contribution in [1.29, 1.82) is 5.41 Å². The van der Waals surface area contributed by atoms with Gasteiger partial charge in [0, 0.05) is 12.1 Å². The van der Waals surface area contributed by atoms with Gasteiger partial charge in [0.15, 0.2) is 0 Å². The molecule has 14 nitrogen and oxygen atoms in total. The van der Waals surface area contributed by atoms with Crippen molar-refractivity contribution in [3.8, 4) is 0 Å². The SMILES string of the molecule is CC(C)C[C@H](NC(=O)[C@H](CC(=O)O)N1CC[C@H](NC(=O)Cc2ccc(C(=N)N)cc2)C1=O)C(=O)O.O=C(O)C(F)(F)F. The number of benzene rings is 1. The van der Waals surface area contributed by atoms with Crippen LogP contribution in [0.3, 0.4) is 0 Å². The van der Waals surface area contributed by atoms with Gasteiger partial charge in [0.25, 0.3) is 0 Å². The van der Waals surface area contributed by atoms with Crippen LogP contribution in [0.5, 0.6) is 0 Å². The Bertz CT molecular complexity index is 1190. The van der Waals surface area contributed by atoms with E-state index in [1.54, 1.807) is 38.1 Å². The summed E-state index contributed by atoms with van der Waals surface area (Å²) in [4.78, 5) is 71.0. The van der Waals surface area contributed by atoms with Crippen LogP contribution >= 0.6 is 0 Å². The molecule has 0 saturated carbocycles. The Morgan fingerprint density at radius 1 is 1.10 bits per heavy atom. The monoisotopic (exact) mass is 603 g/mol. The molecule has 0 aromatic heterocycles. The molecule has 0 radical (unpaired) electrons. The van der Waals surface area contributed by atoms with E-state index in [0.717, 1.165) is 4.90 Å². The van der Waals surface area contributed by atoms with Crippen LogP contribution in [-0.2, 0) is 35.2 Å². The predicted molar refractivity (Wildman–Crippen MR) is 138 cm³/mol. The molecule has 1 aliphatic rings. The minimum Gasteiger partial charge on any atom is -0.481 e. The third kappa shape index (κ3) is 11.4. The zero-order chi connectivity index (χ0) is 32.4. The number of carboxylic acid groups (broad SMARTS) is 3. The molecule has 1 saturated heterocycles. The number of hydrogen-bond acceptors (Lipinski definition) is 7. The lowest BCUT2D eigenvalue weighted by Crippen LogP contribution is -2.54. The van der Waals surface area contributed by atoms with Gasteiger partial charge in [-0.25, -0.2) is 9.59 Å². The van der Waals surface area contributed by atoms with Gasteiger partial charge in [0.2, 0.25) is 17.7 Å². The Morgan fingerprint density at radius 2 is 1.64 bits per heavy atom. The molecule has 3 amide bonds. The number of alkyl halides is 3. The Balaban J connectivity index is 0.00000112. The molecule has 1 heterocycles. The van der Waals surface area contributed by atoms with Gasteiger partial charge >= 0.3 is 24.1 Å². The van der Waals surface area contributed by atoms with Gasteiger partial charge in [-0.15, -0.1) is 0 Å². The van der Waals surface area contributed by atoms with Crippen LogP contribution in [0.2, 0.25) is 0 Å². The van der Waals surface area contributed by atoms with Crippen molar-refractivity contribution in [2.45, 2.75) is 63.8 Å². The van der Waals surface area contributed by atoms with Gasteiger partial charge in [-0.3, -0.25) is 24.6 Å². The van der Waals surface area contributed by atoms with Crippen LogP contribution in [0.25, 0.3) is 0 Å². The van der Waals surface area contributed by atoms with Crippen LogP contribution in [0, 0.1) is 11.3 Å². The lowest BCUT2D eigenvalue weighted by Gasteiger charge is -2.28. The van der Waals surface area contributed by atoms with Gasteiger partial charge in [0.05, 0.1) is 12.8 Å². The Labute approximate surface area is 237 Å². The highest BCUT2D eigenvalue weighted by Gasteiger charge is 2.41. The summed E-state index contributed by atoms with van der Waals surface area (Å²) in [5.74, 6) is -7.40. The minimum atomic E-state index is -5.08. The fourth-order valence-corrected chi connectivity index (χ4v) is 3.85. The molecule has 17 heteroatoms. The molecule has 0 spiro atoms. The number of nitrogens with zero attached hydrogens (tertiary/aromatic N) is 1. The number of carboxylic acids is 3. The zero-order valence-electron chi connectivity index (χ0n) is 22.6. The largest absolute Gasteiger partial charge is 0.490 e. The van der Waals surface area contributed by atoms with E-state index in [9.17, 15) is 47.4 Å². The van der Waals surface area contributed by atoms with Crippen LogP contribution in [0.4, 0.5) is 13.2 Å². The van der Waals surface area contributed by atoms with Crippen LogP contribution < -0.4 is 16.4 Å². The lowest BCUT2D eigenvalue weighted by molar-refractivity contribution is -0.192. The molecule has 0 bridgehead atoms. The Hall–Kier alpha value is -4.70. The maximum absolute atomic E-state index is 12.9. The molecule has 8 N–H and O–H groups in total. The summed E-state index contributed by atoms with van der Waals surface area (Å²) >= 11 is 0. The molecule has 1 aliphatic heterocycles. The van der Waals surface area contributed by atoms with E-state index in [1.807, 2.05) is 0 Å². The highest BCUT2D eigenvalue weighted by atomic mass is 19.4. The normalized spacial score (nSPS) is 16.1. The van der Waals surface area contributed by atoms with E-state index >= 15 is 0 Å². The van der Waals surface area contributed by atoms with E-state index in [2.05, 4.69) is 10.6 Å². The number of carbonyl (C=O) groups is 6. The lowest BCUT2D eigenvalue weighted by atomic mass is 10.0. The number of hydrogen-bond donors (Lipinski definition) is 7. The number of carbonyl (C=O) groups excluding carboxylic acids is 3. The summed E-state index contributed by atoms with van der Waals surface area (Å²) in [6, 6.07) is 2.92. The van der Waals surface area contributed by atoms with Crippen LogP contribution in [0.15, 0.2) is 24.3 Å². The van der Waals surface area contributed by atoms with Crippen molar-refractivity contribution in [2.75, 3.05) is 6.54 Å². The number of aliphatic carboxylic acids is 3. The highest BCUT2D eigenvalue weighted by molar-refractivity contribution is 5.97. The van der Waals surface area contributed by atoms with Gasteiger partial charge < -0.3 is 36.6 Å². The molecule has 232 valence electrons. The van der Waals surface area contributed by atoms with Crippen LogP contribution in [0.1, 0.15) is 44.2 Å². The second-order valence-electron chi connectivity index (χ2n) is 9.67. The maximum Gasteiger partial charge on any atom is 0.490 e. The molecule has 0 unspecified atom stereocenters. The summed E-state index contributed by atoms with van der Waals surface area (Å²) < 4.78 is 31.7. The fourth-order valence-electron chi connectivity index (χ4n) is 3.85. The molecular weight excluding hydrogens is 571 g/mol. The van der Waals surface area contributed by atoms with Gasteiger partial charge in [0.1, 0.15) is 24.0 Å². The van der Waals surface area contributed by atoms with Gasteiger partial charge in [-0.2, -0.15) is 13.2 Å². The van der Waals surface area contributed by atoms with Crippen LogP contribution in [-0.4, -0.2) is 92.5 Å². The number of nitrogens with two attached hydrogens (primary N) is 1. The Kier molecular flexibility index (Phi) is 12.9. The predicted octanol–water partition coefficient (Wildman–Crippen LogP) is 0.322. The summed E-state index contributed by atoms with van der Waals surface area (Å²) in [6.45, 7) is 3.60. The second kappa shape index (κ2) is 15.3. The maximum atomic E-state index is 12.9. The van der Waals surface area contributed by atoms with E-state index in [1.165, 1.54) is 0 Å². The summed E-state index contributed by atoms with van der Waals surface area (Å²) in [5, 5.41) is 38.1. The van der Waals surface area contributed by atoms with Gasteiger partial charge in [-0.05, 0) is 24.3 Å². The molecule has 1 aromatic carbocycles. The number of nitrogens with one attached hydrogen (secondary N) is 3. The molecule has 3 atom stereocenters. The average molecular weight is 604 g/mol. The van der Waals surface area contributed by atoms with Crippen molar-refractivity contribution >= 4 is 41.5 Å². The minimum absolute atomic E-state index is 0.0313. The number of amidine groups is 1. The zero-order valence-corrected chi connectivity index (χ0v) is 22.6. The molecule has 42 heavy (non-hydrogen) atoms. The van der Waals surface area contributed by atoms with Crippen molar-refractivity contribution in [1.82, 2.24) is 15.5 Å². The first kappa shape index (κ1) is 35.3. The number of nitrogen functional groups attached to an aromatic ring is 1. The topological polar surface area (TPSA) is 240 Å². The van der Waals surface area contributed by atoms with Crippen molar-refractivity contribution in [3.05, 3.63) is 35.4 Å². The number of rotatable bonds is 12. The van der Waals surface area contributed by atoms with Crippen molar-refractivity contribution in [3.63, 3.8) is 0 Å². The molecule has 0 aliphatic carbocycles. The van der Waals surface area contributed by atoms with E-state index in [-0.39, 0.29) is 37.6 Å². The quantitative estimate of drug-likeness (QED) is 0.127. The number of halogens is 3. The second-order valence-corrected chi connectivity index (χ2v) is 9.67. The third-order valence-electron chi connectivity index (χ3n) is 5.82. The number of amides is 3. The van der Waals surface area contributed by atoms with E-state index < -0.39 is 66.4 Å². The first-order valence-corrected chi connectivity index (χ1v) is 12.4.